The summed E-state index contributed by atoms with van der Waals surface area (Å²) in [5, 5.41) is 2.54. The maximum atomic E-state index is 13.8. The first-order valence-electron chi connectivity index (χ1n) is 6.40. The van der Waals surface area contributed by atoms with Crippen molar-refractivity contribution in [3.8, 4) is 5.75 Å². The SMILES string of the molecule is CC(=O)Nc1cc(O[Si](C)(C)C(C)(C)C)c(I)cc1F. The predicted octanol–water partition coefficient (Wildman–Crippen LogP) is 4.77. The van der Waals surface area contributed by atoms with Gasteiger partial charge in [0, 0.05) is 13.0 Å². The van der Waals surface area contributed by atoms with Crippen molar-refractivity contribution >= 4 is 42.5 Å². The van der Waals surface area contributed by atoms with Gasteiger partial charge in [-0.25, -0.2) is 4.39 Å². The predicted molar refractivity (Wildman–Crippen MR) is 91.2 cm³/mol. The van der Waals surface area contributed by atoms with Crippen LogP contribution >= 0.6 is 22.6 Å². The van der Waals surface area contributed by atoms with Gasteiger partial charge in [-0.3, -0.25) is 4.79 Å². The lowest BCUT2D eigenvalue weighted by molar-refractivity contribution is -0.114. The highest BCUT2D eigenvalue weighted by Gasteiger charge is 2.39. The zero-order valence-corrected chi connectivity index (χ0v) is 15.9. The van der Waals surface area contributed by atoms with Crippen LogP contribution in [0.15, 0.2) is 12.1 Å². The molecule has 1 aromatic carbocycles. The van der Waals surface area contributed by atoms with Gasteiger partial charge < -0.3 is 9.74 Å². The Bertz CT molecular complexity index is 527. The van der Waals surface area contributed by atoms with Crippen LogP contribution in [0.2, 0.25) is 18.1 Å². The molecular weight excluding hydrogens is 388 g/mol. The van der Waals surface area contributed by atoms with E-state index < -0.39 is 14.1 Å². The molecule has 1 amide bonds. The number of nitrogens with one attached hydrogen (secondary N) is 1. The van der Waals surface area contributed by atoms with Crippen LogP contribution in [0.5, 0.6) is 5.75 Å². The molecular formula is C14H21FINO2Si. The van der Waals surface area contributed by atoms with Crippen molar-refractivity contribution < 1.29 is 13.6 Å². The number of amides is 1. The Kier molecular flexibility index (Phi) is 5.23. The zero-order chi connectivity index (χ0) is 15.7. The van der Waals surface area contributed by atoms with E-state index >= 15 is 0 Å². The van der Waals surface area contributed by atoms with Crippen LogP contribution in [0.25, 0.3) is 0 Å². The van der Waals surface area contributed by atoms with E-state index in [1.807, 2.05) is 22.6 Å². The molecule has 1 aromatic rings. The molecule has 3 nitrogen and oxygen atoms in total. The monoisotopic (exact) mass is 409 g/mol. The van der Waals surface area contributed by atoms with Gasteiger partial charge in [0.15, 0.2) is 0 Å². The van der Waals surface area contributed by atoms with Crippen LogP contribution in [0.1, 0.15) is 27.7 Å². The molecule has 0 aliphatic rings. The average molecular weight is 409 g/mol. The number of hydrogen-bond acceptors (Lipinski definition) is 2. The number of halogens is 2. The van der Waals surface area contributed by atoms with Crippen molar-refractivity contribution in [1.29, 1.82) is 0 Å². The van der Waals surface area contributed by atoms with Gasteiger partial charge in [-0.2, -0.15) is 0 Å². The molecule has 0 fully saturated rings. The fourth-order valence-electron chi connectivity index (χ4n) is 1.32. The van der Waals surface area contributed by atoms with E-state index in [0.29, 0.717) is 9.32 Å². The molecule has 0 saturated carbocycles. The van der Waals surface area contributed by atoms with E-state index in [9.17, 15) is 9.18 Å². The van der Waals surface area contributed by atoms with E-state index in [2.05, 4.69) is 39.2 Å². The first kappa shape index (κ1) is 17.4. The van der Waals surface area contributed by atoms with Crippen molar-refractivity contribution in [1.82, 2.24) is 0 Å². The van der Waals surface area contributed by atoms with Crippen molar-refractivity contribution in [2.24, 2.45) is 0 Å². The Morgan fingerprint density at radius 1 is 1.35 bits per heavy atom. The van der Waals surface area contributed by atoms with Gasteiger partial charge in [0.05, 0.1) is 9.26 Å². The summed E-state index contributed by atoms with van der Waals surface area (Å²) in [6, 6.07) is 2.95. The van der Waals surface area contributed by atoms with E-state index in [-0.39, 0.29) is 16.6 Å². The summed E-state index contributed by atoms with van der Waals surface area (Å²) in [4.78, 5) is 11.1. The number of hydrogen-bond donors (Lipinski definition) is 1. The Labute approximate surface area is 134 Å². The number of anilines is 1. The lowest BCUT2D eigenvalue weighted by Crippen LogP contribution is -2.44. The summed E-state index contributed by atoms with van der Waals surface area (Å²) in [7, 11) is -2.00. The highest BCUT2D eigenvalue weighted by atomic mass is 127. The molecule has 0 unspecified atom stereocenters. The first-order valence-corrected chi connectivity index (χ1v) is 10.4. The molecule has 0 bridgehead atoms. The summed E-state index contributed by atoms with van der Waals surface area (Å²) in [5.74, 6) is -0.127. The maximum Gasteiger partial charge on any atom is 0.250 e. The molecule has 0 aliphatic carbocycles. The van der Waals surface area contributed by atoms with Crippen LogP contribution in [-0.2, 0) is 4.79 Å². The number of carbonyl (C=O) groups is 1. The molecule has 0 spiro atoms. The van der Waals surface area contributed by atoms with E-state index in [1.54, 1.807) is 6.07 Å². The van der Waals surface area contributed by atoms with Crippen molar-refractivity contribution in [3.63, 3.8) is 0 Å². The summed E-state index contributed by atoms with van der Waals surface area (Å²) >= 11 is 2.05. The van der Waals surface area contributed by atoms with E-state index in [1.165, 1.54) is 13.0 Å². The Balaban J connectivity index is 3.16. The van der Waals surface area contributed by atoms with Crippen LogP contribution in [0.4, 0.5) is 10.1 Å². The van der Waals surface area contributed by atoms with Crippen LogP contribution in [0, 0.1) is 9.39 Å². The second-order valence-corrected chi connectivity index (χ2v) is 12.2. The molecule has 0 saturated heterocycles. The van der Waals surface area contributed by atoms with Gasteiger partial charge in [0.2, 0.25) is 5.91 Å². The van der Waals surface area contributed by atoms with Crippen molar-refractivity contribution in [2.45, 2.75) is 45.8 Å². The van der Waals surface area contributed by atoms with Crippen LogP contribution in [0.3, 0.4) is 0 Å². The highest BCUT2D eigenvalue weighted by molar-refractivity contribution is 14.1. The third kappa shape index (κ3) is 4.18. The largest absolute Gasteiger partial charge is 0.543 e. The number of rotatable bonds is 3. The number of benzene rings is 1. The second kappa shape index (κ2) is 6.01. The van der Waals surface area contributed by atoms with E-state index in [0.717, 1.165) is 0 Å². The molecule has 0 heterocycles. The quantitative estimate of drug-likeness (QED) is 0.577. The molecule has 1 rings (SSSR count). The number of carbonyl (C=O) groups excluding carboxylic acids is 1. The Morgan fingerprint density at radius 3 is 2.35 bits per heavy atom. The fraction of sp³-hybridized carbons (Fsp3) is 0.500. The minimum Gasteiger partial charge on any atom is -0.543 e. The smallest absolute Gasteiger partial charge is 0.250 e. The molecule has 1 N–H and O–H groups in total. The molecule has 0 aliphatic heterocycles. The van der Waals surface area contributed by atoms with Gasteiger partial charge >= 0.3 is 0 Å². The lowest BCUT2D eigenvalue weighted by atomic mass is 10.2. The van der Waals surface area contributed by atoms with Gasteiger partial charge in [0.1, 0.15) is 11.6 Å². The Morgan fingerprint density at radius 2 is 1.90 bits per heavy atom. The Hall–Kier alpha value is -0.633. The molecule has 6 heteroatoms. The maximum absolute atomic E-state index is 13.8. The van der Waals surface area contributed by atoms with Crippen molar-refractivity contribution in [2.75, 3.05) is 5.32 Å². The van der Waals surface area contributed by atoms with Gasteiger partial charge in [-0.05, 0) is 46.8 Å². The fourth-order valence-corrected chi connectivity index (χ4v) is 3.09. The standard InChI is InChI=1S/C14H21FINO2Si/c1-9(18)17-12-8-13(11(16)7-10(12)15)19-20(5,6)14(2,3)4/h7-8H,1-6H3,(H,17,18). The van der Waals surface area contributed by atoms with E-state index in [4.69, 9.17) is 4.43 Å². The minimum atomic E-state index is -2.00. The molecule has 20 heavy (non-hydrogen) atoms. The summed E-state index contributed by atoms with van der Waals surface area (Å²) in [6.45, 7) is 12.0. The van der Waals surface area contributed by atoms with Gasteiger partial charge in [-0.15, -0.1) is 0 Å². The molecule has 0 aromatic heterocycles. The third-order valence-electron chi connectivity index (χ3n) is 3.50. The van der Waals surface area contributed by atoms with Gasteiger partial charge in [-0.1, -0.05) is 20.8 Å². The third-order valence-corrected chi connectivity index (χ3v) is 8.69. The average Bonchev–Trinajstić information content (AvgIpc) is 2.22. The molecule has 0 radical (unpaired) electrons. The second-order valence-electron chi connectivity index (χ2n) is 6.31. The van der Waals surface area contributed by atoms with Crippen LogP contribution in [-0.4, -0.2) is 14.2 Å². The zero-order valence-electron chi connectivity index (χ0n) is 12.7. The topological polar surface area (TPSA) is 38.3 Å². The molecule has 112 valence electrons. The summed E-state index contributed by atoms with van der Waals surface area (Å²) < 4.78 is 20.7. The highest BCUT2D eigenvalue weighted by Crippen LogP contribution is 2.39. The summed E-state index contributed by atoms with van der Waals surface area (Å²) in [6.07, 6.45) is 0. The normalized spacial score (nSPS) is 12.2. The lowest BCUT2D eigenvalue weighted by Gasteiger charge is -2.36. The molecule has 0 atom stereocenters. The van der Waals surface area contributed by atoms with Crippen molar-refractivity contribution in [3.05, 3.63) is 21.5 Å². The minimum absolute atomic E-state index is 0.0542. The van der Waals surface area contributed by atoms with Crippen LogP contribution < -0.4 is 9.74 Å². The summed E-state index contributed by atoms with van der Waals surface area (Å²) in [5.41, 5.74) is 0.159. The first-order chi connectivity index (χ1) is 8.94. The van der Waals surface area contributed by atoms with Gasteiger partial charge in [0.25, 0.3) is 8.32 Å².